The maximum atomic E-state index is 13.1. The molecule has 7 heteroatoms. The van der Waals surface area contributed by atoms with Gasteiger partial charge in [-0.15, -0.1) is 12.4 Å². The molecule has 136 valence electrons. The second kappa shape index (κ2) is 8.72. The molecular weight excluding hydrogens is 341 g/mol. The monoisotopic (exact) mass is 364 g/mol. The summed E-state index contributed by atoms with van der Waals surface area (Å²) in [4.78, 5) is 12.2. The Hall–Kier alpha value is -1.27. The van der Waals surface area contributed by atoms with Gasteiger partial charge in [-0.25, -0.2) is 0 Å². The Morgan fingerprint density at radius 2 is 1.88 bits per heavy atom. The van der Waals surface area contributed by atoms with Gasteiger partial charge in [-0.2, -0.15) is 13.2 Å². The number of rotatable bonds is 4. The molecule has 0 saturated carbocycles. The molecular formula is C17H24ClF3N2O. The molecule has 1 aromatic rings. The Kier molecular flexibility index (Phi) is 7.55. The summed E-state index contributed by atoms with van der Waals surface area (Å²) in [7, 11) is 0. The molecule has 1 fully saturated rings. The fourth-order valence-electron chi connectivity index (χ4n) is 2.74. The zero-order valence-corrected chi connectivity index (χ0v) is 14.7. The van der Waals surface area contributed by atoms with E-state index in [1.54, 1.807) is 6.07 Å². The number of benzene rings is 1. The zero-order valence-electron chi connectivity index (χ0n) is 13.9. The van der Waals surface area contributed by atoms with Crippen molar-refractivity contribution in [2.45, 2.75) is 38.8 Å². The van der Waals surface area contributed by atoms with Crippen molar-refractivity contribution in [3.63, 3.8) is 0 Å². The van der Waals surface area contributed by atoms with Gasteiger partial charge in [0, 0.05) is 12.1 Å². The van der Waals surface area contributed by atoms with Crippen LogP contribution in [0.15, 0.2) is 18.2 Å². The largest absolute Gasteiger partial charge is 0.416 e. The number of hydrogen-bond donors (Lipinski definition) is 2. The van der Waals surface area contributed by atoms with E-state index in [0.29, 0.717) is 12.1 Å². The second-order valence-corrected chi connectivity index (χ2v) is 6.47. The molecule has 0 unspecified atom stereocenters. The smallest absolute Gasteiger partial charge is 0.352 e. The summed E-state index contributed by atoms with van der Waals surface area (Å²) >= 11 is 0. The van der Waals surface area contributed by atoms with E-state index in [0.717, 1.165) is 32.0 Å². The highest BCUT2D eigenvalue weighted by atomic mass is 35.5. The van der Waals surface area contributed by atoms with Crippen LogP contribution in [0.1, 0.15) is 54.1 Å². The van der Waals surface area contributed by atoms with Crippen LogP contribution in [-0.4, -0.2) is 25.5 Å². The van der Waals surface area contributed by atoms with E-state index < -0.39 is 17.6 Å². The summed E-state index contributed by atoms with van der Waals surface area (Å²) in [6.07, 6.45) is -2.88. The first kappa shape index (κ1) is 20.8. The van der Waals surface area contributed by atoms with Gasteiger partial charge < -0.3 is 10.6 Å². The minimum atomic E-state index is -4.45. The van der Waals surface area contributed by atoms with Crippen LogP contribution >= 0.6 is 12.4 Å². The maximum absolute atomic E-state index is 13.1. The highest BCUT2D eigenvalue weighted by Gasteiger charge is 2.32. The van der Waals surface area contributed by atoms with E-state index in [1.165, 1.54) is 6.07 Å². The van der Waals surface area contributed by atoms with Crippen LogP contribution in [0.4, 0.5) is 13.2 Å². The zero-order chi connectivity index (χ0) is 17.0. The maximum Gasteiger partial charge on any atom is 0.416 e. The van der Waals surface area contributed by atoms with Crippen molar-refractivity contribution < 1.29 is 18.0 Å². The van der Waals surface area contributed by atoms with E-state index in [-0.39, 0.29) is 29.8 Å². The van der Waals surface area contributed by atoms with Gasteiger partial charge in [0.1, 0.15) is 0 Å². The van der Waals surface area contributed by atoms with Crippen LogP contribution in [0, 0.1) is 5.92 Å². The number of amides is 1. The molecule has 0 atom stereocenters. The fourth-order valence-corrected chi connectivity index (χ4v) is 2.74. The number of carbonyl (C=O) groups excluding carboxylic acids is 1. The summed E-state index contributed by atoms with van der Waals surface area (Å²) in [6, 6.07) is 3.75. The van der Waals surface area contributed by atoms with Gasteiger partial charge in [0.05, 0.1) is 5.56 Å². The van der Waals surface area contributed by atoms with Crippen LogP contribution in [0.2, 0.25) is 0 Å². The molecule has 0 radical (unpaired) electrons. The molecule has 0 aliphatic carbocycles. The Balaban J connectivity index is 0.00000288. The Morgan fingerprint density at radius 3 is 2.42 bits per heavy atom. The molecule has 1 aliphatic heterocycles. The quantitative estimate of drug-likeness (QED) is 0.848. The topological polar surface area (TPSA) is 41.1 Å². The van der Waals surface area contributed by atoms with Gasteiger partial charge in [-0.05, 0) is 61.5 Å². The lowest BCUT2D eigenvalue weighted by Crippen LogP contribution is -2.29. The number of piperidine rings is 1. The third-order valence-electron chi connectivity index (χ3n) is 4.03. The molecule has 1 heterocycles. The average molecular weight is 365 g/mol. The summed E-state index contributed by atoms with van der Waals surface area (Å²) in [5.74, 6) is -0.135. The summed E-state index contributed by atoms with van der Waals surface area (Å²) in [5, 5.41) is 5.89. The van der Waals surface area contributed by atoms with E-state index in [2.05, 4.69) is 10.6 Å². The van der Waals surface area contributed by atoms with Crippen LogP contribution in [-0.2, 0) is 6.18 Å². The predicted molar refractivity (Wildman–Crippen MR) is 90.7 cm³/mol. The fraction of sp³-hybridized carbons (Fsp3) is 0.588. The van der Waals surface area contributed by atoms with Crippen molar-refractivity contribution in [3.8, 4) is 0 Å². The first-order chi connectivity index (χ1) is 10.8. The normalized spacial score (nSPS) is 15.9. The second-order valence-electron chi connectivity index (χ2n) is 6.47. The van der Waals surface area contributed by atoms with E-state index >= 15 is 0 Å². The molecule has 1 saturated heterocycles. The number of halogens is 4. The van der Waals surface area contributed by atoms with E-state index in [4.69, 9.17) is 0 Å². The van der Waals surface area contributed by atoms with Crippen LogP contribution in [0.25, 0.3) is 0 Å². The van der Waals surface area contributed by atoms with Crippen molar-refractivity contribution in [2.24, 2.45) is 5.92 Å². The number of alkyl halides is 3. The van der Waals surface area contributed by atoms with Crippen molar-refractivity contribution in [1.29, 1.82) is 0 Å². The Labute approximate surface area is 146 Å². The summed E-state index contributed by atoms with van der Waals surface area (Å²) in [5.41, 5.74) is -0.0479. The highest BCUT2D eigenvalue weighted by molar-refractivity contribution is 5.94. The average Bonchev–Trinajstić information content (AvgIpc) is 2.52. The van der Waals surface area contributed by atoms with Gasteiger partial charge in [0.25, 0.3) is 5.91 Å². The first-order valence-electron chi connectivity index (χ1n) is 7.98. The van der Waals surface area contributed by atoms with Crippen molar-refractivity contribution in [2.75, 3.05) is 19.6 Å². The van der Waals surface area contributed by atoms with Crippen LogP contribution < -0.4 is 10.6 Å². The van der Waals surface area contributed by atoms with Crippen molar-refractivity contribution in [3.05, 3.63) is 34.9 Å². The van der Waals surface area contributed by atoms with Crippen LogP contribution in [0.3, 0.4) is 0 Å². The van der Waals surface area contributed by atoms with Crippen molar-refractivity contribution >= 4 is 18.3 Å². The van der Waals surface area contributed by atoms with Crippen LogP contribution in [0.5, 0.6) is 0 Å². The summed E-state index contributed by atoms with van der Waals surface area (Å²) < 4.78 is 39.4. The third-order valence-corrected chi connectivity index (χ3v) is 4.03. The predicted octanol–water partition coefficient (Wildman–Crippen LogP) is 3.98. The molecule has 0 bridgehead atoms. The standard InChI is InChI=1S/C17H23F3N2O.ClH/c1-11(2)10-22-16(23)14-7-13(12-3-5-21-6-4-12)8-15(9-14)17(18,19)20;/h7-9,11-12,21H,3-6,10H2,1-2H3,(H,22,23);1H. The molecule has 3 nitrogen and oxygen atoms in total. The number of hydrogen-bond acceptors (Lipinski definition) is 2. The lowest BCUT2D eigenvalue weighted by molar-refractivity contribution is -0.137. The molecule has 1 amide bonds. The van der Waals surface area contributed by atoms with Gasteiger partial charge >= 0.3 is 6.18 Å². The van der Waals surface area contributed by atoms with Gasteiger partial charge in [-0.3, -0.25) is 4.79 Å². The number of nitrogens with one attached hydrogen (secondary N) is 2. The minimum absolute atomic E-state index is 0. The Bertz CT molecular complexity index is 555. The third kappa shape index (κ3) is 5.67. The first-order valence-corrected chi connectivity index (χ1v) is 7.98. The number of carbonyl (C=O) groups is 1. The SMILES string of the molecule is CC(C)CNC(=O)c1cc(C2CCNCC2)cc(C(F)(F)F)c1.Cl. The Morgan fingerprint density at radius 1 is 1.25 bits per heavy atom. The van der Waals surface area contributed by atoms with Gasteiger partial charge in [0.2, 0.25) is 0 Å². The lowest BCUT2D eigenvalue weighted by atomic mass is 9.88. The summed E-state index contributed by atoms with van der Waals surface area (Å²) in [6.45, 7) is 5.89. The van der Waals surface area contributed by atoms with Crippen molar-refractivity contribution in [1.82, 2.24) is 10.6 Å². The molecule has 24 heavy (non-hydrogen) atoms. The molecule has 0 spiro atoms. The molecule has 1 aromatic carbocycles. The minimum Gasteiger partial charge on any atom is -0.352 e. The lowest BCUT2D eigenvalue weighted by Gasteiger charge is -2.24. The molecule has 0 aromatic heterocycles. The van der Waals surface area contributed by atoms with Gasteiger partial charge in [-0.1, -0.05) is 13.8 Å². The van der Waals surface area contributed by atoms with Gasteiger partial charge in [0.15, 0.2) is 0 Å². The highest BCUT2D eigenvalue weighted by Crippen LogP contribution is 2.34. The molecule has 1 aliphatic rings. The van der Waals surface area contributed by atoms with E-state index in [1.807, 2.05) is 13.8 Å². The molecule has 2 rings (SSSR count). The van der Waals surface area contributed by atoms with E-state index in [9.17, 15) is 18.0 Å². The molecule has 2 N–H and O–H groups in total.